The number of rotatable bonds is 8. The Balaban J connectivity index is 0.00000228. The Labute approximate surface area is 220 Å². The second-order valence-corrected chi connectivity index (χ2v) is 8.35. The van der Waals surface area contributed by atoms with Gasteiger partial charge in [-0.2, -0.15) is 0 Å². The van der Waals surface area contributed by atoms with Crippen LogP contribution in [0.2, 0.25) is 0 Å². The van der Waals surface area contributed by atoms with Crippen LogP contribution in [0.1, 0.15) is 11.8 Å². The van der Waals surface area contributed by atoms with Crippen molar-refractivity contribution in [3.05, 3.63) is 42.5 Å². The third-order valence-electron chi connectivity index (χ3n) is 5.85. The summed E-state index contributed by atoms with van der Waals surface area (Å²) in [6.45, 7) is -0.406. The smallest absolute Gasteiger partial charge is 0.237 e. The second kappa shape index (κ2) is 12.5. The fourth-order valence-corrected chi connectivity index (χ4v) is 4.04. The molecule has 0 bridgehead atoms. The Bertz CT molecular complexity index is 1150. The molecule has 14 heteroatoms. The van der Waals surface area contributed by atoms with Gasteiger partial charge in [-0.15, -0.1) is 24.8 Å². The van der Waals surface area contributed by atoms with E-state index in [1.54, 1.807) is 28.7 Å². The number of benzene rings is 1. The molecule has 36 heavy (non-hydrogen) atoms. The van der Waals surface area contributed by atoms with Gasteiger partial charge in [0.15, 0.2) is 23.2 Å². The van der Waals surface area contributed by atoms with E-state index in [9.17, 15) is 15.0 Å². The number of ether oxygens (including phenoxy) is 2. The molecular weight excluding hydrogens is 513 g/mol. The minimum atomic E-state index is -1.18. The van der Waals surface area contributed by atoms with Crippen LogP contribution in [-0.2, 0) is 16.0 Å². The van der Waals surface area contributed by atoms with E-state index in [-0.39, 0.29) is 24.8 Å². The zero-order chi connectivity index (χ0) is 24.4. The summed E-state index contributed by atoms with van der Waals surface area (Å²) in [6.07, 6.45) is 0.250. The Hall–Kier alpha value is -2.74. The van der Waals surface area contributed by atoms with E-state index in [2.05, 4.69) is 20.3 Å². The second-order valence-electron chi connectivity index (χ2n) is 8.35. The number of aliphatic hydroxyl groups excluding tert-OH is 2. The van der Waals surface area contributed by atoms with E-state index in [1.165, 1.54) is 12.7 Å². The average molecular weight is 544 g/mol. The molecule has 12 nitrogen and oxygen atoms in total. The predicted molar refractivity (Wildman–Crippen MR) is 138 cm³/mol. The molecule has 5 N–H and O–H groups in total. The number of aromatic nitrogens is 4. The first-order valence-electron chi connectivity index (χ1n) is 10.8. The minimum Gasteiger partial charge on any atom is -0.497 e. The van der Waals surface area contributed by atoms with Gasteiger partial charge in [0.1, 0.15) is 24.3 Å². The average Bonchev–Trinajstić information content (AvgIpc) is 3.40. The molecule has 0 spiro atoms. The number of nitrogens with one attached hydrogen (secondary N) is 1. The van der Waals surface area contributed by atoms with Crippen molar-refractivity contribution in [1.29, 1.82) is 0 Å². The molecule has 4 rings (SSSR count). The molecule has 1 amide bonds. The number of halogens is 2. The van der Waals surface area contributed by atoms with E-state index < -0.39 is 43.0 Å². The summed E-state index contributed by atoms with van der Waals surface area (Å²) in [6, 6.07) is 5.52. The number of anilines is 1. The molecule has 0 saturated carbocycles. The number of carbonyl (C=O) groups excluding carboxylic acids is 1. The van der Waals surface area contributed by atoms with Crippen molar-refractivity contribution in [1.82, 2.24) is 24.8 Å². The fraction of sp³-hybridized carbons (Fsp3) is 0.455. The maximum Gasteiger partial charge on any atom is 0.237 e. The first kappa shape index (κ1) is 29.5. The van der Waals surface area contributed by atoms with Gasteiger partial charge < -0.3 is 35.6 Å². The summed E-state index contributed by atoms with van der Waals surface area (Å²) in [4.78, 5) is 27.5. The number of carbonyl (C=O) groups is 1. The highest BCUT2D eigenvalue weighted by Gasteiger charge is 2.46. The van der Waals surface area contributed by atoms with Gasteiger partial charge in [-0.3, -0.25) is 9.36 Å². The van der Waals surface area contributed by atoms with Crippen molar-refractivity contribution in [3.8, 4) is 5.75 Å². The van der Waals surface area contributed by atoms with E-state index >= 15 is 0 Å². The Morgan fingerprint density at radius 3 is 2.56 bits per heavy atom. The summed E-state index contributed by atoms with van der Waals surface area (Å²) in [5.41, 5.74) is 7.98. The Morgan fingerprint density at radius 1 is 1.25 bits per heavy atom. The lowest BCUT2D eigenvalue weighted by Crippen LogP contribution is -2.53. The Kier molecular flexibility index (Phi) is 10.2. The maximum atomic E-state index is 12.8. The van der Waals surface area contributed by atoms with Crippen LogP contribution in [0.5, 0.6) is 5.75 Å². The van der Waals surface area contributed by atoms with Crippen LogP contribution >= 0.6 is 24.8 Å². The van der Waals surface area contributed by atoms with Gasteiger partial charge in [0.05, 0.1) is 32.1 Å². The molecule has 1 aromatic carbocycles. The normalized spacial score (nSPS) is 21.8. The summed E-state index contributed by atoms with van der Waals surface area (Å²) < 4.78 is 12.6. The van der Waals surface area contributed by atoms with Crippen molar-refractivity contribution in [2.45, 2.75) is 36.9 Å². The maximum absolute atomic E-state index is 12.8. The van der Waals surface area contributed by atoms with E-state index in [0.29, 0.717) is 29.2 Å². The molecule has 1 fully saturated rings. The van der Waals surface area contributed by atoms with Crippen LogP contribution in [0.4, 0.5) is 5.82 Å². The predicted octanol–water partition coefficient (Wildman–Crippen LogP) is 0.0499. The molecule has 3 heterocycles. The van der Waals surface area contributed by atoms with Crippen LogP contribution in [0.15, 0.2) is 36.9 Å². The molecule has 5 atom stereocenters. The summed E-state index contributed by atoms with van der Waals surface area (Å²) in [5, 5.41) is 23.6. The van der Waals surface area contributed by atoms with Crippen LogP contribution < -0.4 is 20.7 Å². The lowest BCUT2D eigenvalue weighted by molar-refractivity contribution is -0.124. The standard InChI is InChI=1S/C22H29N7O5.2ClH/c1-28(2)19-17-20(25-10-24-19)29(11-26-17)22-18(31)16(15(9-30)34-22)27-21(32)14(23)8-12-4-6-13(33-3)7-5-12;;/h4-7,10-11,14-16,18,22,30-31H,8-9,23H2,1-3H3,(H,27,32);2*1H/t14-,15-,16-,18-,22-;;/m1../s1. The number of amides is 1. The molecule has 2 aromatic heterocycles. The summed E-state index contributed by atoms with van der Waals surface area (Å²) >= 11 is 0. The van der Waals surface area contributed by atoms with Crippen molar-refractivity contribution in [3.63, 3.8) is 0 Å². The number of hydrogen-bond acceptors (Lipinski definition) is 10. The first-order chi connectivity index (χ1) is 16.3. The SMILES string of the molecule is COc1ccc(C[C@@H](N)C(=O)N[C@H]2[C@@H](O)[C@H](n3cnc4c(N(C)C)ncnc43)O[C@@H]2CO)cc1.Cl.Cl. The number of aliphatic hydroxyl groups is 2. The highest BCUT2D eigenvalue weighted by Crippen LogP contribution is 2.32. The topological polar surface area (TPSA) is 161 Å². The van der Waals surface area contributed by atoms with Crippen LogP contribution in [0.3, 0.4) is 0 Å². The van der Waals surface area contributed by atoms with Crippen molar-refractivity contribution < 1.29 is 24.5 Å². The van der Waals surface area contributed by atoms with Gasteiger partial charge in [-0.25, -0.2) is 15.0 Å². The van der Waals surface area contributed by atoms with Crippen molar-refractivity contribution >= 4 is 47.7 Å². The number of fused-ring (bicyclic) bond motifs is 1. The Morgan fingerprint density at radius 2 is 1.94 bits per heavy atom. The highest BCUT2D eigenvalue weighted by atomic mass is 35.5. The van der Waals surface area contributed by atoms with Crippen LogP contribution in [0.25, 0.3) is 11.2 Å². The molecule has 0 radical (unpaired) electrons. The summed E-state index contributed by atoms with van der Waals surface area (Å²) in [7, 11) is 5.25. The number of nitrogens with zero attached hydrogens (tertiary/aromatic N) is 5. The molecule has 3 aromatic rings. The molecule has 1 aliphatic rings. The third-order valence-corrected chi connectivity index (χ3v) is 5.85. The van der Waals surface area contributed by atoms with Crippen LogP contribution in [-0.4, -0.2) is 87.7 Å². The quantitative estimate of drug-likeness (QED) is 0.305. The van der Waals surface area contributed by atoms with Gasteiger partial charge >= 0.3 is 0 Å². The van der Waals surface area contributed by atoms with E-state index in [0.717, 1.165) is 5.56 Å². The van der Waals surface area contributed by atoms with E-state index in [4.69, 9.17) is 15.2 Å². The van der Waals surface area contributed by atoms with Gasteiger partial charge in [0, 0.05) is 14.1 Å². The van der Waals surface area contributed by atoms with Gasteiger partial charge in [-0.1, -0.05) is 12.1 Å². The highest BCUT2D eigenvalue weighted by molar-refractivity contribution is 5.86. The van der Waals surface area contributed by atoms with Crippen molar-refractivity contribution in [2.24, 2.45) is 5.73 Å². The van der Waals surface area contributed by atoms with Gasteiger partial charge in [0.2, 0.25) is 5.91 Å². The number of nitrogens with two attached hydrogens (primary N) is 1. The molecule has 1 aliphatic heterocycles. The first-order valence-corrected chi connectivity index (χ1v) is 10.8. The van der Waals surface area contributed by atoms with E-state index in [1.807, 2.05) is 26.2 Å². The van der Waals surface area contributed by atoms with Crippen molar-refractivity contribution in [2.75, 3.05) is 32.7 Å². The van der Waals surface area contributed by atoms with Gasteiger partial charge in [0.25, 0.3) is 0 Å². The number of methoxy groups -OCH3 is 1. The molecule has 1 saturated heterocycles. The molecule has 0 unspecified atom stereocenters. The molecule has 0 aliphatic carbocycles. The van der Waals surface area contributed by atoms with Crippen LogP contribution in [0, 0.1) is 0 Å². The zero-order valence-electron chi connectivity index (χ0n) is 20.0. The fourth-order valence-electron chi connectivity index (χ4n) is 4.04. The number of imidazole rings is 1. The third kappa shape index (κ3) is 5.80. The lowest BCUT2D eigenvalue weighted by Gasteiger charge is -2.23. The largest absolute Gasteiger partial charge is 0.497 e. The molecule has 198 valence electrons. The van der Waals surface area contributed by atoms with Gasteiger partial charge in [-0.05, 0) is 24.1 Å². The minimum absolute atomic E-state index is 0. The lowest BCUT2D eigenvalue weighted by atomic mass is 10.0. The molecular formula is C22H31Cl2N7O5. The number of hydrogen-bond donors (Lipinski definition) is 4. The zero-order valence-corrected chi connectivity index (χ0v) is 21.6. The monoisotopic (exact) mass is 543 g/mol. The summed E-state index contributed by atoms with van der Waals surface area (Å²) in [5.74, 6) is 0.861.